The van der Waals surface area contributed by atoms with E-state index in [2.05, 4.69) is 10.1 Å². The first-order valence-corrected chi connectivity index (χ1v) is 6.49. The Morgan fingerprint density at radius 1 is 1.21 bits per heavy atom. The number of hydrogen-bond donors (Lipinski definition) is 1. The fourth-order valence-corrected chi connectivity index (χ4v) is 1.90. The molecule has 2 rings (SSSR count). The van der Waals surface area contributed by atoms with Crippen molar-refractivity contribution >= 4 is 0 Å². The van der Waals surface area contributed by atoms with Crippen molar-refractivity contribution < 1.29 is 4.74 Å². The molecule has 0 aliphatic carbocycles. The van der Waals surface area contributed by atoms with Crippen molar-refractivity contribution in [2.24, 2.45) is 5.73 Å². The van der Waals surface area contributed by atoms with E-state index in [1.54, 1.807) is 0 Å². The third-order valence-electron chi connectivity index (χ3n) is 2.90. The summed E-state index contributed by atoms with van der Waals surface area (Å²) in [6, 6.07) is 7.88. The molecule has 0 saturated heterocycles. The third-order valence-corrected chi connectivity index (χ3v) is 2.90. The fraction of sp³-hybridized carbons (Fsp3) is 0.429. The highest BCUT2D eigenvalue weighted by molar-refractivity contribution is 5.26. The first kappa shape index (κ1) is 13.5. The van der Waals surface area contributed by atoms with Crippen LogP contribution in [0, 0.1) is 13.8 Å². The third kappa shape index (κ3) is 3.79. The molecule has 0 amide bonds. The quantitative estimate of drug-likeness (QED) is 0.805. The average Bonchev–Trinajstić information content (AvgIpc) is 2.74. The largest absolute Gasteiger partial charge is 0.494 e. The van der Waals surface area contributed by atoms with Gasteiger partial charge in [0, 0.05) is 19.5 Å². The van der Waals surface area contributed by atoms with Crippen LogP contribution in [0.5, 0.6) is 5.75 Å². The van der Waals surface area contributed by atoms with Crippen LogP contribution in [-0.2, 0) is 13.1 Å². The minimum atomic E-state index is 0.561. The van der Waals surface area contributed by atoms with Gasteiger partial charge in [-0.05, 0) is 31.5 Å². The van der Waals surface area contributed by atoms with Crippen molar-refractivity contribution in [3.05, 3.63) is 41.5 Å². The first-order chi connectivity index (χ1) is 9.19. The normalized spacial score (nSPS) is 10.7. The fourth-order valence-electron chi connectivity index (χ4n) is 1.90. The van der Waals surface area contributed by atoms with Gasteiger partial charge in [0.25, 0.3) is 0 Å². The molecule has 5 heteroatoms. The van der Waals surface area contributed by atoms with E-state index in [0.29, 0.717) is 13.2 Å². The Hall–Kier alpha value is -1.88. The topological polar surface area (TPSA) is 66.0 Å². The van der Waals surface area contributed by atoms with Crippen LogP contribution in [0.3, 0.4) is 0 Å². The maximum absolute atomic E-state index is 5.67. The summed E-state index contributed by atoms with van der Waals surface area (Å²) in [4.78, 5) is 4.27. The Morgan fingerprint density at radius 2 is 1.95 bits per heavy atom. The van der Waals surface area contributed by atoms with Gasteiger partial charge in [0.1, 0.15) is 17.4 Å². The summed E-state index contributed by atoms with van der Waals surface area (Å²) < 4.78 is 7.58. The first-order valence-electron chi connectivity index (χ1n) is 6.49. The van der Waals surface area contributed by atoms with E-state index in [9.17, 15) is 0 Å². The monoisotopic (exact) mass is 260 g/mol. The van der Waals surface area contributed by atoms with Crippen molar-refractivity contribution in [3.8, 4) is 5.75 Å². The summed E-state index contributed by atoms with van der Waals surface area (Å²) in [5, 5.41) is 4.31. The number of nitrogens with zero attached hydrogens (tertiary/aromatic N) is 3. The van der Waals surface area contributed by atoms with Gasteiger partial charge in [0.2, 0.25) is 0 Å². The minimum absolute atomic E-state index is 0.561. The zero-order valence-electron chi connectivity index (χ0n) is 11.5. The second-order valence-electron chi connectivity index (χ2n) is 4.48. The van der Waals surface area contributed by atoms with Gasteiger partial charge in [0.15, 0.2) is 0 Å². The molecule has 2 aromatic rings. The van der Waals surface area contributed by atoms with Crippen LogP contribution in [-0.4, -0.2) is 21.4 Å². The van der Waals surface area contributed by atoms with Gasteiger partial charge in [-0.2, -0.15) is 5.10 Å². The number of aromatic nitrogens is 3. The summed E-state index contributed by atoms with van der Waals surface area (Å²) >= 11 is 0. The molecule has 0 unspecified atom stereocenters. The molecule has 19 heavy (non-hydrogen) atoms. The Balaban J connectivity index is 1.75. The van der Waals surface area contributed by atoms with Crippen LogP contribution in [0.1, 0.15) is 23.6 Å². The maximum atomic E-state index is 5.67. The lowest BCUT2D eigenvalue weighted by molar-refractivity contribution is 0.297. The highest BCUT2D eigenvalue weighted by atomic mass is 16.5. The van der Waals surface area contributed by atoms with Crippen molar-refractivity contribution in [1.82, 2.24) is 14.8 Å². The molecule has 1 heterocycles. The average molecular weight is 260 g/mol. The molecule has 1 aromatic heterocycles. The van der Waals surface area contributed by atoms with Gasteiger partial charge in [-0.15, -0.1) is 0 Å². The van der Waals surface area contributed by atoms with Gasteiger partial charge < -0.3 is 10.5 Å². The molecule has 2 N–H and O–H groups in total. The van der Waals surface area contributed by atoms with Crippen molar-refractivity contribution in [2.45, 2.75) is 33.4 Å². The zero-order chi connectivity index (χ0) is 13.7. The van der Waals surface area contributed by atoms with Crippen LogP contribution in [0.15, 0.2) is 24.3 Å². The Labute approximate surface area is 113 Å². The highest BCUT2D eigenvalue weighted by Gasteiger charge is 2.02. The molecule has 0 atom stereocenters. The van der Waals surface area contributed by atoms with Gasteiger partial charge in [-0.1, -0.05) is 12.1 Å². The standard InChI is InChI=1S/C14H20N4O/c1-11-16-12(2)18(17-11)8-3-9-19-14-6-4-13(10-15)5-7-14/h4-7H,3,8-10,15H2,1-2H3. The van der Waals surface area contributed by atoms with E-state index in [-0.39, 0.29) is 0 Å². The molecule has 1 aromatic carbocycles. The summed E-state index contributed by atoms with van der Waals surface area (Å²) in [6.07, 6.45) is 0.905. The molecule has 0 radical (unpaired) electrons. The molecule has 0 aliphatic rings. The van der Waals surface area contributed by atoms with Crippen LogP contribution < -0.4 is 10.5 Å². The van der Waals surface area contributed by atoms with Gasteiger partial charge in [0.05, 0.1) is 6.61 Å². The lowest BCUT2D eigenvalue weighted by Gasteiger charge is -2.07. The lowest BCUT2D eigenvalue weighted by atomic mass is 10.2. The van der Waals surface area contributed by atoms with E-state index in [1.807, 2.05) is 42.8 Å². The second-order valence-corrected chi connectivity index (χ2v) is 4.48. The van der Waals surface area contributed by atoms with Crippen LogP contribution in [0.25, 0.3) is 0 Å². The van der Waals surface area contributed by atoms with Crippen LogP contribution in [0.2, 0.25) is 0 Å². The molecule has 0 aliphatic heterocycles. The van der Waals surface area contributed by atoms with Gasteiger partial charge >= 0.3 is 0 Å². The molecule has 102 valence electrons. The molecule has 0 bridgehead atoms. The summed E-state index contributed by atoms with van der Waals surface area (Å²) in [5.74, 6) is 2.64. The lowest BCUT2D eigenvalue weighted by Crippen LogP contribution is -2.07. The molecule has 0 saturated carbocycles. The van der Waals surface area contributed by atoms with E-state index in [1.165, 1.54) is 0 Å². The second kappa shape index (κ2) is 6.33. The van der Waals surface area contributed by atoms with Crippen LogP contribution in [0.4, 0.5) is 0 Å². The molecule has 0 fully saturated rings. The van der Waals surface area contributed by atoms with Crippen molar-refractivity contribution in [3.63, 3.8) is 0 Å². The number of rotatable bonds is 6. The van der Waals surface area contributed by atoms with Gasteiger partial charge in [-0.25, -0.2) is 9.67 Å². The number of nitrogens with two attached hydrogens (primary N) is 1. The summed E-state index contributed by atoms with van der Waals surface area (Å²) in [5.41, 5.74) is 6.66. The Morgan fingerprint density at radius 3 is 2.53 bits per heavy atom. The molecule has 0 spiro atoms. The predicted octanol–water partition coefficient (Wildman–Crippen LogP) is 1.82. The van der Waals surface area contributed by atoms with E-state index < -0.39 is 0 Å². The molecular weight excluding hydrogens is 240 g/mol. The molecular formula is C14H20N4O. The zero-order valence-corrected chi connectivity index (χ0v) is 11.5. The number of hydrogen-bond acceptors (Lipinski definition) is 4. The van der Waals surface area contributed by atoms with Crippen LogP contribution >= 0.6 is 0 Å². The summed E-state index contributed by atoms with van der Waals surface area (Å²) in [7, 11) is 0. The predicted molar refractivity (Wildman–Crippen MR) is 73.9 cm³/mol. The van der Waals surface area contributed by atoms with Crippen molar-refractivity contribution in [2.75, 3.05) is 6.61 Å². The smallest absolute Gasteiger partial charge is 0.147 e. The Kier molecular flexibility index (Phi) is 4.52. The SMILES string of the molecule is Cc1nc(C)n(CCCOc2ccc(CN)cc2)n1. The van der Waals surface area contributed by atoms with E-state index in [4.69, 9.17) is 10.5 Å². The number of aryl methyl sites for hydroxylation is 3. The summed E-state index contributed by atoms with van der Waals surface area (Å²) in [6.45, 7) is 5.92. The van der Waals surface area contributed by atoms with Gasteiger partial charge in [-0.3, -0.25) is 0 Å². The van der Waals surface area contributed by atoms with Crippen molar-refractivity contribution in [1.29, 1.82) is 0 Å². The number of benzene rings is 1. The highest BCUT2D eigenvalue weighted by Crippen LogP contribution is 2.12. The Bertz CT molecular complexity index is 519. The minimum Gasteiger partial charge on any atom is -0.494 e. The molecule has 5 nitrogen and oxygen atoms in total. The maximum Gasteiger partial charge on any atom is 0.147 e. The number of ether oxygens (including phenoxy) is 1. The van der Waals surface area contributed by atoms with E-state index >= 15 is 0 Å². The van der Waals surface area contributed by atoms with E-state index in [0.717, 1.165) is 35.9 Å².